The molecular formula is C15H29N5O2. The van der Waals surface area contributed by atoms with Gasteiger partial charge in [0.05, 0.1) is 12.0 Å². The smallest absolute Gasteiger partial charge is 0.225 e. The molecule has 0 bridgehead atoms. The van der Waals surface area contributed by atoms with Crippen LogP contribution in [0.1, 0.15) is 32.6 Å². The first-order valence-corrected chi connectivity index (χ1v) is 8.23. The van der Waals surface area contributed by atoms with E-state index in [1.54, 1.807) is 0 Å². The summed E-state index contributed by atoms with van der Waals surface area (Å²) < 4.78 is 5.31. The van der Waals surface area contributed by atoms with Gasteiger partial charge in [0, 0.05) is 25.8 Å². The number of nitrogens with zero attached hydrogens (tertiary/aromatic N) is 2. The Balaban J connectivity index is 1.84. The van der Waals surface area contributed by atoms with Gasteiger partial charge in [-0.3, -0.25) is 14.7 Å². The quantitative estimate of drug-likeness (QED) is 0.459. The maximum atomic E-state index is 11.8. The molecule has 0 saturated carbocycles. The lowest BCUT2D eigenvalue weighted by molar-refractivity contribution is -0.132. The predicted octanol–water partition coefficient (Wildman–Crippen LogP) is -0.343. The maximum Gasteiger partial charge on any atom is 0.225 e. The zero-order valence-corrected chi connectivity index (χ0v) is 13.5. The fourth-order valence-electron chi connectivity index (χ4n) is 3.30. The molecule has 0 radical (unpaired) electrons. The molecule has 126 valence electrons. The number of aliphatic imine (C=N–C) groups is 1. The largest absolute Gasteiger partial charge is 0.381 e. The Hall–Kier alpha value is -1.34. The molecule has 2 rings (SSSR count). The molecule has 22 heavy (non-hydrogen) atoms. The van der Waals surface area contributed by atoms with Crippen LogP contribution in [0.3, 0.4) is 0 Å². The Morgan fingerprint density at radius 1 is 1.41 bits per heavy atom. The predicted molar refractivity (Wildman–Crippen MR) is 86.4 cm³/mol. The zero-order valence-electron chi connectivity index (χ0n) is 13.5. The second-order valence-electron chi connectivity index (χ2n) is 6.26. The Labute approximate surface area is 132 Å². The van der Waals surface area contributed by atoms with Crippen LogP contribution in [-0.2, 0) is 9.53 Å². The monoisotopic (exact) mass is 311 g/mol. The molecule has 1 amide bonds. The van der Waals surface area contributed by atoms with Crippen molar-refractivity contribution in [3.63, 3.8) is 0 Å². The summed E-state index contributed by atoms with van der Waals surface area (Å²) in [5.41, 5.74) is 10.9. The lowest BCUT2D eigenvalue weighted by Crippen LogP contribution is -2.46. The van der Waals surface area contributed by atoms with Crippen molar-refractivity contribution in [3.05, 3.63) is 0 Å². The summed E-state index contributed by atoms with van der Waals surface area (Å²) in [5.74, 6) is 0.0929. The molecule has 2 aliphatic heterocycles. The fourth-order valence-corrected chi connectivity index (χ4v) is 3.30. The number of likely N-dealkylation sites (tertiary alicyclic amines) is 1. The average molecular weight is 311 g/mol. The minimum Gasteiger partial charge on any atom is -0.381 e. The van der Waals surface area contributed by atoms with Crippen LogP contribution in [0, 0.1) is 5.41 Å². The second-order valence-corrected chi connectivity index (χ2v) is 6.26. The van der Waals surface area contributed by atoms with Crippen molar-refractivity contribution in [1.82, 2.24) is 10.2 Å². The molecule has 1 unspecified atom stereocenters. The second kappa shape index (κ2) is 7.78. The van der Waals surface area contributed by atoms with Crippen LogP contribution in [0.2, 0.25) is 0 Å². The fraction of sp³-hybridized carbons (Fsp3) is 0.867. The summed E-state index contributed by atoms with van der Waals surface area (Å²) in [6.07, 6.45) is 3.66. The van der Waals surface area contributed by atoms with Gasteiger partial charge < -0.3 is 21.5 Å². The molecule has 0 aromatic rings. The number of nitrogens with two attached hydrogens (primary N) is 2. The van der Waals surface area contributed by atoms with Crippen molar-refractivity contribution in [2.45, 2.75) is 38.6 Å². The minimum atomic E-state index is -0.604. The van der Waals surface area contributed by atoms with Gasteiger partial charge >= 0.3 is 0 Å². The Morgan fingerprint density at radius 3 is 2.77 bits per heavy atom. The number of hydrogen-bond donors (Lipinski definition) is 3. The molecule has 2 heterocycles. The molecule has 5 N–H and O–H groups in total. The van der Waals surface area contributed by atoms with E-state index in [1.807, 2.05) is 0 Å². The summed E-state index contributed by atoms with van der Waals surface area (Å²) >= 11 is 0. The van der Waals surface area contributed by atoms with E-state index in [1.165, 1.54) is 12.8 Å². The first kappa shape index (κ1) is 17.0. The van der Waals surface area contributed by atoms with Gasteiger partial charge in [0.1, 0.15) is 0 Å². The third-order valence-corrected chi connectivity index (χ3v) is 4.95. The van der Waals surface area contributed by atoms with E-state index >= 15 is 0 Å². The topological polar surface area (TPSA) is 106 Å². The lowest BCUT2D eigenvalue weighted by atomic mass is 9.79. The molecule has 2 aliphatic rings. The number of carbonyl (C=O) groups is 1. The van der Waals surface area contributed by atoms with Gasteiger partial charge in [0.2, 0.25) is 5.91 Å². The van der Waals surface area contributed by atoms with Crippen LogP contribution in [0.5, 0.6) is 0 Å². The van der Waals surface area contributed by atoms with E-state index in [0.29, 0.717) is 44.6 Å². The van der Waals surface area contributed by atoms with Gasteiger partial charge in [-0.15, -0.1) is 0 Å². The minimum absolute atomic E-state index is 0.305. The standard InChI is InChI=1S/C15H29N5O2/c1-2-20-7-3-4-12(20)10-18-14(17)19-11-15(13(16)21)5-8-22-9-6-15/h12H,2-11H2,1H3,(H2,16,21)(H3,17,18,19). The lowest BCUT2D eigenvalue weighted by Gasteiger charge is -2.32. The third-order valence-electron chi connectivity index (χ3n) is 4.95. The number of ether oxygens (including phenoxy) is 1. The number of amides is 1. The van der Waals surface area contributed by atoms with E-state index < -0.39 is 5.41 Å². The third kappa shape index (κ3) is 4.10. The highest BCUT2D eigenvalue weighted by molar-refractivity contribution is 5.82. The summed E-state index contributed by atoms with van der Waals surface area (Å²) in [6, 6.07) is 0.520. The highest BCUT2D eigenvalue weighted by Gasteiger charge is 2.38. The van der Waals surface area contributed by atoms with E-state index in [4.69, 9.17) is 16.2 Å². The van der Waals surface area contributed by atoms with Crippen molar-refractivity contribution in [2.75, 3.05) is 39.4 Å². The van der Waals surface area contributed by atoms with Crippen LogP contribution >= 0.6 is 0 Å². The number of nitrogens with one attached hydrogen (secondary N) is 1. The molecule has 7 nitrogen and oxygen atoms in total. The normalized spacial score (nSPS) is 26.0. The van der Waals surface area contributed by atoms with Gasteiger partial charge in [-0.2, -0.15) is 0 Å². The van der Waals surface area contributed by atoms with Gasteiger partial charge in [0.15, 0.2) is 5.96 Å². The van der Waals surface area contributed by atoms with Crippen molar-refractivity contribution in [2.24, 2.45) is 21.9 Å². The first-order valence-electron chi connectivity index (χ1n) is 8.23. The Bertz CT molecular complexity index is 407. The highest BCUT2D eigenvalue weighted by atomic mass is 16.5. The van der Waals surface area contributed by atoms with Crippen molar-refractivity contribution in [1.29, 1.82) is 0 Å². The van der Waals surface area contributed by atoms with E-state index in [2.05, 4.69) is 22.1 Å². The van der Waals surface area contributed by atoms with Gasteiger partial charge in [-0.25, -0.2) is 0 Å². The molecule has 2 saturated heterocycles. The van der Waals surface area contributed by atoms with Crippen LogP contribution in [0.15, 0.2) is 4.99 Å². The summed E-state index contributed by atoms with van der Waals surface area (Å²) in [5, 5.41) is 3.19. The highest BCUT2D eigenvalue weighted by Crippen LogP contribution is 2.30. The molecule has 0 aromatic heterocycles. The molecule has 7 heteroatoms. The number of rotatable bonds is 6. The van der Waals surface area contributed by atoms with Gasteiger partial charge in [-0.1, -0.05) is 6.92 Å². The molecule has 2 fully saturated rings. The Kier molecular flexibility index (Phi) is 6.02. The van der Waals surface area contributed by atoms with Gasteiger partial charge in [0.25, 0.3) is 0 Å². The van der Waals surface area contributed by atoms with E-state index in [9.17, 15) is 4.79 Å². The van der Waals surface area contributed by atoms with Crippen molar-refractivity contribution in [3.8, 4) is 0 Å². The molecule has 0 aromatic carbocycles. The van der Waals surface area contributed by atoms with E-state index in [-0.39, 0.29) is 5.91 Å². The van der Waals surface area contributed by atoms with Gasteiger partial charge in [-0.05, 0) is 38.8 Å². The first-order chi connectivity index (χ1) is 10.6. The van der Waals surface area contributed by atoms with Crippen LogP contribution in [-0.4, -0.2) is 62.2 Å². The molecule has 1 atom stereocenters. The van der Waals surface area contributed by atoms with Crippen molar-refractivity contribution < 1.29 is 9.53 Å². The van der Waals surface area contributed by atoms with Crippen LogP contribution < -0.4 is 16.8 Å². The summed E-state index contributed by atoms with van der Waals surface area (Å²) in [4.78, 5) is 18.6. The van der Waals surface area contributed by atoms with Crippen molar-refractivity contribution >= 4 is 11.9 Å². The average Bonchev–Trinajstić information content (AvgIpc) is 2.99. The molecule has 0 aliphatic carbocycles. The van der Waals surface area contributed by atoms with Crippen LogP contribution in [0.4, 0.5) is 0 Å². The summed E-state index contributed by atoms with van der Waals surface area (Å²) in [7, 11) is 0. The van der Waals surface area contributed by atoms with E-state index in [0.717, 1.165) is 19.6 Å². The number of hydrogen-bond acceptors (Lipinski definition) is 4. The molecule has 0 spiro atoms. The number of carbonyl (C=O) groups excluding carboxylic acids is 1. The number of likely N-dealkylation sites (N-methyl/N-ethyl adjacent to an activating group) is 1. The zero-order chi connectivity index (χ0) is 16.0. The number of primary amides is 1. The SMILES string of the molecule is CCN1CCCC1CNC(N)=NCC1(C(N)=O)CCOCC1. The molecular weight excluding hydrogens is 282 g/mol. The Morgan fingerprint density at radius 2 is 2.14 bits per heavy atom. The summed E-state index contributed by atoms with van der Waals surface area (Å²) in [6.45, 7) is 6.65. The van der Waals surface area contributed by atoms with Crippen LogP contribution in [0.25, 0.3) is 0 Å². The number of guanidine groups is 1. The maximum absolute atomic E-state index is 11.8.